The number of carboxylic acids is 1. The lowest BCUT2D eigenvalue weighted by Gasteiger charge is -2.21. The molecule has 0 aromatic rings. The molecule has 4 heteroatoms. The Morgan fingerprint density at radius 2 is 1.85 bits per heavy atom. The molecule has 0 saturated heterocycles. The lowest BCUT2D eigenvalue weighted by molar-refractivity contribution is -0.137. The van der Waals surface area contributed by atoms with E-state index in [9.17, 15) is 15.0 Å². The fourth-order valence-corrected chi connectivity index (χ4v) is 4.04. The van der Waals surface area contributed by atoms with Crippen molar-refractivity contribution in [3.63, 3.8) is 0 Å². The third-order valence-corrected chi connectivity index (χ3v) is 5.71. The molecule has 3 N–H and O–H groups in total. The molecular formula is C22H40O4. The number of aliphatic hydroxyl groups is 2. The summed E-state index contributed by atoms with van der Waals surface area (Å²) in [4.78, 5) is 10.5. The molecule has 1 rings (SSSR count). The highest BCUT2D eigenvalue weighted by Gasteiger charge is 2.33. The number of carbonyl (C=O) groups is 1. The predicted molar refractivity (Wildman–Crippen MR) is 106 cm³/mol. The SMILES string of the molecule is CCCCCCCC(O)CCC1C(O)CCC1C=CCCCCC(=O)O. The fourth-order valence-electron chi connectivity index (χ4n) is 4.04. The third-order valence-electron chi connectivity index (χ3n) is 5.71. The van der Waals surface area contributed by atoms with Crippen molar-refractivity contribution in [2.24, 2.45) is 11.8 Å². The Labute approximate surface area is 159 Å². The maximum Gasteiger partial charge on any atom is 0.303 e. The number of aliphatic carboxylic acids is 1. The van der Waals surface area contributed by atoms with Crippen LogP contribution >= 0.6 is 0 Å². The van der Waals surface area contributed by atoms with Gasteiger partial charge in [-0.25, -0.2) is 0 Å². The number of allylic oxidation sites excluding steroid dienone is 2. The van der Waals surface area contributed by atoms with E-state index < -0.39 is 5.97 Å². The molecule has 0 aromatic carbocycles. The van der Waals surface area contributed by atoms with Gasteiger partial charge >= 0.3 is 5.97 Å². The van der Waals surface area contributed by atoms with Gasteiger partial charge < -0.3 is 15.3 Å². The molecule has 1 aliphatic carbocycles. The maximum absolute atomic E-state index is 10.5. The van der Waals surface area contributed by atoms with Crippen LogP contribution in [-0.2, 0) is 4.79 Å². The van der Waals surface area contributed by atoms with Gasteiger partial charge in [0.05, 0.1) is 12.2 Å². The smallest absolute Gasteiger partial charge is 0.303 e. The van der Waals surface area contributed by atoms with Gasteiger partial charge in [-0.1, -0.05) is 51.2 Å². The van der Waals surface area contributed by atoms with Gasteiger partial charge in [0.2, 0.25) is 0 Å². The summed E-state index contributed by atoms with van der Waals surface area (Å²) in [6.07, 6.45) is 17.2. The molecule has 0 spiro atoms. The molecule has 1 fully saturated rings. The Morgan fingerprint density at radius 1 is 1.08 bits per heavy atom. The summed E-state index contributed by atoms with van der Waals surface area (Å²) in [7, 11) is 0. The van der Waals surface area contributed by atoms with Crippen LogP contribution in [0.25, 0.3) is 0 Å². The normalized spacial score (nSPS) is 24.3. The molecule has 26 heavy (non-hydrogen) atoms. The van der Waals surface area contributed by atoms with Crippen LogP contribution in [0.5, 0.6) is 0 Å². The summed E-state index contributed by atoms with van der Waals surface area (Å²) < 4.78 is 0. The second-order valence-corrected chi connectivity index (χ2v) is 7.97. The van der Waals surface area contributed by atoms with Crippen molar-refractivity contribution in [1.82, 2.24) is 0 Å². The molecule has 1 saturated carbocycles. The van der Waals surface area contributed by atoms with Gasteiger partial charge in [-0.05, 0) is 63.2 Å². The van der Waals surface area contributed by atoms with Crippen LogP contribution in [0.4, 0.5) is 0 Å². The predicted octanol–water partition coefficient (Wildman–Crippen LogP) is 5.08. The van der Waals surface area contributed by atoms with Gasteiger partial charge in [0.25, 0.3) is 0 Å². The first-order valence-corrected chi connectivity index (χ1v) is 10.8. The third kappa shape index (κ3) is 10.3. The number of aliphatic hydroxyl groups excluding tert-OH is 2. The van der Waals surface area contributed by atoms with Gasteiger partial charge in [-0.3, -0.25) is 4.79 Å². The molecule has 0 aliphatic heterocycles. The van der Waals surface area contributed by atoms with Gasteiger partial charge in [0.15, 0.2) is 0 Å². The Kier molecular flexibility index (Phi) is 12.7. The van der Waals surface area contributed by atoms with Crippen LogP contribution in [0.2, 0.25) is 0 Å². The van der Waals surface area contributed by atoms with Crippen molar-refractivity contribution in [2.75, 3.05) is 0 Å². The highest BCUT2D eigenvalue weighted by atomic mass is 16.4. The number of unbranched alkanes of at least 4 members (excludes halogenated alkanes) is 6. The van der Waals surface area contributed by atoms with Crippen LogP contribution in [0.3, 0.4) is 0 Å². The monoisotopic (exact) mass is 368 g/mol. The molecule has 4 nitrogen and oxygen atoms in total. The van der Waals surface area contributed by atoms with Crippen LogP contribution in [0, 0.1) is 11.8 Å². The van der Waals surface area contributed by atoms with E-state index in [-0.39, 0.29) is 24.5 Å². The molecular weight excluding hydrogens is 328 g/mol. The van der Waals surface area contributed by atoms with E-state index in [0.29, 0.717) is 5.92 Å². The summed E-state index contributed by atoms with van der Waals surface area (Å²) in [5.41, 5.74) is 0. The Hall–Kier alpha value is -0.870. The van der Waals surface area contributed by atoms with E-state index in [1.165, 1.54) is 25.7 Å². The molecule has 0 heterocycles. The average Bonchev–Trinajstić information content (AvgIpc) is 2.95. The minimum absolute atomic E-state index is 0.231. The van der Waals surface area contributed by atoms with Gasteiger partial charge in [0.1, 0.15) is 0 Å². The molecule has 0 radical (unpaired) electrons. The zero-order valence-electron chi connectivity index (χ0n) is 16.6. The minimum atomic E-state index is -0.725. The highest BCUT2D eigenvalue weighted by molar-refractivity contribution is 5.66. The molecule has 4 atom stereocenters. The summed E-state index contributed by atoms with van der Waals surface area (Å²) in [5.74, 6) is -0.0573. The summed E-state index contributed by atoms with van der Waals surface area (Å²) in [6.45, 7) is 2.21. The average molecular weight is 369 g/mol. The van der Waals surface area contributed by atoms with Crippen molar-refractivity contribution in [2.45, 2.75) is 109 Å². The zero-order valence-corrected chi connectivity index (χ0v) is 16.6. The number of carboxylic acid groups (broad SMARTS) is 1. The summed E-state index contributed by atoms with van der Waals surface area (Å²) in [5, 5.41) is 29.1. The highest BCUT2D eigenvalue weighted by Crippen LogP contribution is 2.37. The van der Waals surface area contributed by atoms with Crippen LogP contribution in [0.15, 0.2) is 12.2 Å². The summed E-state index contributed by atoms with van der Waals surface area (Å²) in [6, 6.07) is 0. The van der Waals surface area contributed by atoms with E-state index in [0.717, 1.165) is 57.8 Å². The molecule has 4 unspecified atom stereocenters. The van der Waals surface area contributed by atoms with Crippen LogP contribution < -0.4 is 0 Å². The van der Waals surface area contributed by atoms with E-state index in [1.807, 2.05) is 0 Å². The first-order valence-electron chi connectivity index (χ1n) is 10.8. The number of hydrogen-bond acceptors (Lipinski definition) is 3. The van der Waals surface area contributed by atoms with Crippen LogP contribution in [-0.4, -0.2) is 33.5 Å². The maximum atomic E-state index is 10.5. The Bertz CT molecular complexity index is 394. The second kappa shape index (κ2) is 14.2. The molecule has 0 aromatic heterocycles. The van der Waals surface area contributed by atoms with Crippen molar-refractivity contribution < 1.29 is 20.1 Å². The quantitative estimate of drug-likeness (QED) is 0.278. The topological polar surface area (TPSA) is 77.8 Å². The lowest BCUT2D eigenvalue weighted by atomic mass is 9.88. The minimum Gasteiger partial charge on any atom is -0.481 e. The van der Waals surface area contributed by atoms with Gasteiger partial charge in [0, 0.05) is 6.42 Å². The molecule has 152 valence electrons. The standard InChI is InChI=1S/C22H40O4/c1-2-3-4-5-9-12-19(23)15-16-20-18(14-17-21(20)24)11-8-6-7-10-13-22(25)26/h8,11,18-21,23-24H,2-7,9-10,12-17H2,1H3,(H,25,26). The molecule has 0 bridgehead atoms. The first kappa shape index (κ1) is 23.2. The largest absolute Gasteiger partial charge is 0.481 e. The van der Waals surface area contributed by atoms with E-state index >= 15 is 0 Å². The lowest BCUT2D eigenvalue weighted by Crippen LogP contribution is -2.20. The van der Waals surface area contributed by atoms with Crippen molar-refractivity contribution in [3.8, 4) is 0 Å². The van der Waals surface area contributed by atoms with E-state index in [1.54, 1.807) is 0 Å². The number of hydrogen-bond donors (Lipinski definition) is 3. The molecule has 1 aliphatic rings. The summed E-state index contributed by atoms with van der Waals surface area (Å²) >= 11 is 0. The van der Waals surface area contributed by atoms with Crippen molar-refractivity contribution in [1.29, 1.82) is 0 Å². The fraction of sp³-hybridized carbons (Fsp3) is 0.864. The van der Waals surface area contributed by atoms with E-state index in [4.69, 9.17) is 5.11 Å². The van der Waals surface area contributed by atoms with Crippen molar-refractivity contribution >= 4 is 5.97 Å². The van der Waals surface area contributed by atoms with Crippen LogP contribution in [0.1, 0.15) is 96.8 Å². The van der Waals surface area contributed by atoms with Gasteiger partial charge in [-0.2, -0.15) is 0 Å². The van der Waals surface area contributed by atoms with Gasteiger partial charge in [-0.15, -0.1) is 0 Å². The van der Waals surface area contributed by atoms with E-state index in [2.05, 4.69) is 19.1 Å². The second-order valence-electron chi connectivity index (χ2n) is 7.97. The van der Waals surface area contributed by atoms with Crippen molar-refractivity contribution in [3.05, 3.63) is 12.2 Å². The molecule has 0 amide bonds. The number of rotatable bonds is 15. The Morgan fingerprint density at radius 3 is 2.58 bits per heavy atom. The zero-order chi connectivity index (χ0) is 19.2. The first-order chi connectivity index (χ1) is 12.5. The Balaban J connectivity index is 2.22.